The minimum absolute atomic E-state index is 0.669. The Hall–Kier alpha value is -0.410. The van der Waals surface area contributed by atoms with Crippen LogP contribution in [0, 0.1) is 12.8 Å². The third-order valence-corrected chi connectivity index (χ3v) is 5.84. The molecule has 2 rings (SSSR count). The molecule has 3 heteroatoms. The van der Waals surface area contributed by atoms with Crippen molar-refractivity contribution in [1.29, 1.82) is 0 Å². The fourth-order valence-electron chi connectivity index (χ4n) is 3.23. The maximum absolute atomic E-state index is 5.46. The molecule has 0 amide bonds. The molecule has 1 fully saturated rings. The van der Waals surface area contributed by atoms with Gasteiger partial charge in [0.05, 0.1) is 6.26 Å². The second-order valence-corrected chi connectivity index (χ2v) is 7.31. The smallest absolute Gasteiger partial charge is 0.114 e. The van der Waals surface area contributed by atoms with E-state index in [-0.39, 0.29) is 0 Å². The van der Waals surface area contributed by atoms with Gasteiger partial charge < -0.3 is 9.73 Å². The molecule has 1 aliphatic rings. The van der Waals surface area contributed by atoms with Crippen LogP contribution in [0.3, 0.4) is 0 Å². The third-order valence-electron chi connectivity index (χ3n) is 4.34. The van der Waals surface area contributed by atoms with E-state index in [1.165, 1.54) is 43.4 Å². The van der Waals surface area contributed by atoms with E-state index >= 15 is 0 Å². The van der Waals surface area contributed by atoms with Crippen molar-refractivity contribution in [3.63, 3.8) is 0 Å². The second kappa shape index (κ2) is 8.14. The highest BCUT2D eigenvalue weighted by molar-refractivity contribution is 8.00. The lowest BCUT2D eigenvalue weighted by Gasteiger charge is -2.36. The Labute approximate surface area is 128 Å². The van der Waals surface area contributed by atoms with Crippen molar-refractivity contribution in [3.8, 4) is 0 Å². The molecule has 0 spiro atoms. The van der Waals surface area contributed by atoms with E-state index in [1.54, 1.807) is 0 Å². The van der Waals surface area contributed by atoms with Gasteiger partial charge in [0, 0.05) is 16.2 Å². The summed E-state index contributed by atoms with van der Waals surface area (Å²) in [6.07, 6.45) is 9.83. The Balaban J connectivity index is 1.99. The van der Waals surface area contributed by atoms with Gasteiger partial charge in [-0.15, -0.1) is 11.8 Å². The first-order valence-electron chi connectivity index (χ1n) is 8.18. The molecule has 0 saturated heterocycles. The molecule has 1 aromatic heterocycles. The number of hydrogen-bond donors (Lipinski definition) is 1. The summed E-state index contributed by atoms with van der Waals surface area (Å²) in [6, 6.07) is 2.79. The summed E-state index contributed by atoms with van der Waals surface area (Å²) in [5, 5.41) is 4.46. The lowest BCUT2D eigenvalue weighted by Crippen LogP contribution is -2.43. The Morgan fingerprint density at radius 2 is 2.15 bits per heavy atom. The zero-order chi connectivity index (χ0) is 14.4. The highest BCUT2D eigenvalue weighted by Gasteiger charge is 2.31. The Morgan fingerprint density at radius 1 is 1.30 bits per heavy atom. The van der Waals surface area contributed by atoms with Crippen LogP contribution in [0.4, 0.5) is 0 Å². The maximum Gasteiger partial charge on any atom is 0.114 e. The first-order chi connectivity index (χ1) is 9.74. The normalized spacial score (nSPS) is 26.9. The SMILES string of the molecule is CCCNC1CCC(CCC)CC1Sc1ccoc1C. The summed E-state index contributed by atoms with van der Waals surface area (Å²) in [4.78, 5) is 1.33. The van der Waals surface area contributed by atoms with E-state index in [4.69, 9.17) is 4.42 Å². The minimum atomic E-state index is 0.669. The van der Waals surface area contributed by atoms with E-state index in [0.717, 1.165) is 18.2 Å². The van der Waals surface area contributed by atoms with Crippen LogP contribution in [0.1, 0.15) is 58.1 Å². The molecule has 114 valence electrons. The van der Waals surface area contributed by atoms with Gasteiger partial charge in [-0.05, 0) is 51.1 Å². The number of furan rings is 1. The quantitative estimate of drug-likeness (QED) is 0.765. The van der Waals surface area contributed by atoms with Crippen LogP contribution in [0.5, 0.6) is 0 Å². The zero-order valence-electron chi connectivity index (χ0n) is 13.2. The van der Waals surface area contributed by atoms with E-state index in [0.29, 0.717) is 11.3 Å². The Bertz CT molecular complexity index is 390. The van der Waals surface area contributed by atoms with Gasteiger partial charge in [-0.2, -0.15) is 0 Å². The molecule has 0 aliphatic heterocycles. The van der Waals surface area contributed by atoms with Crippen LogP contribution >= 0.6 is 11.8 Å². The monoisotopic (exact) mass is 295 g/mol. The molecular weight excluding hydrogens is 266 g/mol. The van der Waals surface area contributed by atoms with Gasteiger partial charge in [-0.25, -0.2) is 0 Å². The van der Waals surface area contributed by atoms with E-state index < -0.39 is 0 Å². The molecule has 0 aromatic carbocycles. The molecule has 20 heavy (non-hydrogen) atoms. The molecular formula is C17H29NOS. The Morgan fingerprint density at radius 3 is 2.80 bits per heavy atom. The van der Waals surface area contributed by atoms with E-state index in [2.05, 4.69) is 32.2 Å². The molecule has 1 heterocycles. The molecule has 1 N–H and O–H groups in total. The minimum Gasteiger partial charge on any atom is -0.468 e. The van der Waals surface area contributed by atoms with Gasteiger partial charge in [0.2, 0.25) is 0 Å². The summed E-state index contributed by atoms with van der Waals surface area (Å²) < 4.78 is 5.46. The average Bonchev–Trinajstić information content (AvgIpc) is 2.84. The summed E-state index contributed by atoms with van der Waals surface area (Å²) >= 11 is 2.03. The van der Waals surface area contributed by atoms with Crippen molar-refractivity contribution in [2.45, 2.75) is 75.5 Å². The molecule has 0 radical (unpaired) electrons. The van der Waals surface area contributed by atoms with Crippen LogP contribution in [-0.4, -0.2) is 17.8 Å². The largest absolute Gasteiger partial charge is 0.468 e. The number of rotatable bonds is 7. The fourth-order valence-corrected chi connectivity index (χ4v) is 4.67. The van der Waals surface area contributed by atoms with Gasteiger partial charge in [0.25, 0.3) is 0 Å². The van der Waals surface area contributed by atoms with Crippen LogP contribution < -0.4 is 5.32 Å². The highest BCUT2D eigenvalue weighted by atomic mass is 32.2. The van der Waals surface area contributed by atoms with Crippen molar-refractivity contribution >= 4 is 11.8 Å². The summed E-state index contributed by atoms with van der Waals surface area (Å²) in [7, 11) is 0. The summed E-state index contributed by atoms with van der Waals surface area (Å²) in [5.74, 6) is 1.99. The van der Waals surface area contributed by atoms with E-state index in [1.807, 2.05) is 18.0 Å². The van der Waals surface area contributed by atoms with Gasteiger partial charge in [0.1, 0.15) is 5.76 Å². The lowest BCUT2D eigenvalue weighted by molar-refractivity contribution is 0.287. The average molecular weight is 295 g/mol. The van der Waals surface area contributed by atoms with Crippen molar-refractivity contribution in [2.75, 3.05) is 6.54 Å². The maximum atomic E-state index is 5.46. The molecule has 1 saturated carbocycles. The van der Waals surface area contributed by atoms with Crippen LogP contribution in [0.25, 0.3) is 0 Å². The molecule has 3 unspecified atom stereocenters. The first kappa shape index (κ1) is 16.0. The molecule has 3 atom stereocenters. The van der Waals surface area contributed by atoms with Crippen LogP contribution in [-0.2, 0) is 0 Å². The van der Waals surface area contributed by atoms with Crippen LogP contribution in [0.15, 0.2) is 21.6 Å². The van der Waals surface area contributed by atoms with Gasteiger partial charge >= 0.3 is 0 Å². The topological polar surface area (TPSA) is 25.2 Å². The lowest BCUT2D eigenvalue weighted by atomic mass is 9.83. The predicted octanol–water partition coefficient (Wildman–Crippen LogP) is 5.02. The van der Waals surface area contributed by atoms with Crippen molar-refractivity contribution in [1.82, 2.24) is 5.32 Å². The third kappa shape index (κ3) is 4.29. The number of thioether (sulfide) groups is 1. The van der Waals surface area contributed by atoms with Crippen LogP contribution in [0.2, 0.25) is 0 Å². The van der Waals surface area contributed by atoms with Gasteiger partial charge in [-0.3, -0.25) is 0 Å². The zero-order valence-corrected chi connectivity index (χ0v) is 14.0. The van der Waals surface area contributed by atoms with Gasteiger partial charge in [-0.1, -0.05) is 26.7 Å². The van der Waals surface area contributed by atoms with Crippen molar-refractivity contribution < 1.29 is 4.42 Å². The van der Waals surface area contributed by atoms with Crippen molar-refractivity contribution in [3.05, 3.63) is 18.1 Å². The molecule has 2 nitrogen and oxygen atoms in total. The summed E-state index contributed by atoms with van der Waals surface area (Å²) in [5.41, 5.74) is 0. The second-order valence-electron chi connectivity index (χ2n) is 6.03. The number of hydrogen-bond acceptors (Lipinski definition) is 3. The molecule has 1 aliphatic carbocycles. The predicted molar refractivity (Wildman–Crippen MR) is 87.4 cm³/mol. The number of nitrogens with one attached hydrogen (secondary N) is 1. The number of aryl methyl sites for hydroxylation is 1. The van der Waals surface area contributed by atoms with Crippen molar-refractivity contribution in [2.24, 2.45) is 5.92 Å². The fraction of sp³-hybridized carbons (Fsp3) is 0.765. The summed E-state index contributed by atoms with van der Waals surface area (Å²) in [6.45, 7) is 7.77. The van der Waals surface area contributed by atoms with Gasteiger partial charge in [0.15, 0.2) is 0 Å². The standard InChI is InChI=1S/C17H29NOS/c1-4-6-14-7-8-15(18-10-5-2)17(12-14)20-16-9-11-19-13(16)3/h9,11,14-15,17-18H,4-8,10,12H2,1-3H3. The molecule has 0 bridgehead atoms. The molecule has 1 aromatic rings. The van der Waals surface area contributed by atoms with E-state index in [9.17, 15) is 0 Å². The highest BCUT2D eigenvalue weighted by Crippen LogP contribution is 2.39. The first-order valence-corrected chi connectivity index (χ1v) is 9.06. The Kier molecular flexibility index (Phi) is 6.50.